The van der Waals surface area contributed by atoms with Gasteiger partial charge in [-0.1, -0.05) is 23.7 Å². The summed E-state index contributed by atoms with van der Waals surface area (Å²) in [5.74, 6) is 0. The normalized spacial score (nSPS) is 33.1. The standard InChI is InChI=1S/C14H19ClN2O/c15-12-3-1-11(2-4-12)14(18)6-5-13-9-16-7-8-17(13)10-14/h1-4,13,16,18H,5-10H2/t13-,14+/m1/s1. The molecule has 0 amide bonds. The van der Waals surface area contributed by atoms with Crippen molar-refractivity contribution in [3.8, 4) is 0 Å². The molecule has 0 saturated carbocycles. The molecule has 3 rings (SSSR count). The molecule has 2 fully saturated rings. The number of benzene rings is 1. The smallest absolute Gasteiger partial charge is 0.102 e. The van der Waals surface area contributed by atoms with E-state index in [1.807, 2.05) is 24.3 Å². The van der Waals surface area contributed by atoms with Crippen LogP contribution in [0.1, 0.15) is 18.4 Å². The molecule has 2 heterocycles. The molecule has 4 heteroatoms. The van der Waals surface area contributed by atoms with Crippen molar-refractivity contribution in [2.45, 2.75) is 24.5 Å². The minimum Gasteiger partial charge on any atom is -0.384 e. The van der Waals surface area contributed by atoms with Gasteiger partial charge >= 0.3 is 0 Å². The molecule has 2 saturated heterocycles. The maximum Gasteiger partial charge on any atom is 0.102 e. The van der Waals surface area contributed by atoms with E-state index >= 15 is 0 Å². The third kappa shape index (κ3) is 2.28. The third-order valence-corrected chi connectivity index (χ3v) is 4.46. The fourth-order valence-electron chi connectivity index (χ4n) is 3.11. The molecule has 3 nitrogen and oxygen atoms in total. The first-order chi connectivity index (χ1) is 8.67. The molecule has 0 radical (unpaired) electrons. The van der Waals surface area contributed by atoms with E-state index in [1.54, 1.807) is 0 Å². The molecule has 0 spiro atoms. The number of aliphatic hydroxyl groups is 1. The maximum absolute atomic E-state index is 10.9. The van der Waals surface area contributed by atoms with Crippen molar-refractivity contribution >= 4 is 11.6 Å². The average Bonchev–Trinajstić information content (AvgIpc) is 2.39. The Morgan fingerprint density at radius 1 is 1.33 bits per heavy atom. The van der Waals surface area contributed by atoms with Gasteiger partial charge in [0.25, 0.3) is 0 Å². The lowest BCUT2D eigenvalue weighted by Gasteiger charge is -2.46. The fourth-order valence-corrected chi connectivity index (χ4v) is 3.24. The van der Waals surface area contributed by atoms with Gasteiger partial charge in [0.15, 0.2) is 0 Å². The molecule has 2 atom stereocenters. The second-order valence-electron chi connectivity index (χ2n) is 5.41. The van der Waals surface area contributed by atoms with Gasteiger partial charge in [-0.05, 0) is 30.5 Å². The molecule has 2 N–H and O–H groups in total. The van der Waals surface area contributed by atoms with Gasteiger partial charge in [0.1, 0.15) is 5.60 Å². The van der Waals surface area contributed by atoms with Crippen molar-refractivity contribution in [3.63, 3.8) is 0 Å². The summed E-state index contributed by atoms with van der Waals surface area (Å²) in [5.41, 5.74) is 0.280. The Kier molecular flexibility index (Phi) is 3.32. The molecule has 0 bridgehead atoms. The summed E-state index contributed by atoms with van der Waals surface area (Å²) in [6.45, 7) is 3.84. The van der Waals surface area contributed by atoms with Gasteiger partial charge in [0.05, 0.1) is 0 Å². The van der Waals surface area contributed by atoms with Crippen LogP contribution >= 0.6 is 11.6 Å². The minimum absolute atomic E-state index is 0.589. The molecule has 1 aromatic carbocycles. The summed E-state index contributed by atoms with van der Waals surface area (Å²) < 4.78 is 0. The van der Waals surface area contributed by atoms with E-state index in [1.165, 1.54) is 0 Å². The Bertz CT molecular complexity index is 422. The number of piperidine rings is 1. The van der Waals surface area contributed by atoms with Crippen LogP contribution in [0.5, 0.6) is 0 Å². The molecule has 2 aliphatic heterocycles. The molecular formula is C14H19ClN2O. The van der Waals surface area contributed by atoms with E-state index in [4.69, 9.17) is 11.6 Å². The van der Waals surface area contributed by atoms with Crippen molar-refractivity contribution in [2.24, 2.45) is 0 Å². The number of halogens is 1. The second kappa shape index (κ2) is 4.82. The summed E-state index contributed by atoms with van der Waals surface area (Å²) in [5, 5.41) is 15.0. The van der Waals surface area contributed by atoms with Crippen LogP contribution in [0.15, 0.2) is 24.3 Å². The van der Waals surface area contributed by atoms with E-state index in [-0.39, 0.29) is 0 Å². The minimum atomic E-state index is -0.710. The number of rotatable bonds is 1. The van der Waals surface area contributed by atoms with Gasteiger partial charge in [0.2, 0.25) is 0 Å². The summed E-state index contributed by atoms with van der Waals surface area (Å²) in [4.78, 5) is 2.41. The van der Waals surface area contributed by atoms with Gasteiger partial charge < -0.3 is 10.4 Å². The number of hydrogen-bond acceptors (Lipinski definition) is 3. The lowest BCUT2D eigenvalue weighted by Crippen LogP contribution is -2.58. The summed E-state index contributed by atoms with van der Waals surface area (Å²) >= 11 is 5.91. The summed E-state index contributed by atoms with van der Waals surface area (Å²) in [6, 6.07) is 8.21. The quantitative estimate of drug-likeness (QED) is 0.811. The summed E-state index contributed by atoms with van der Waals surface area (Å²) in [7, 11) is 0. The van der Waals surface area contributed by atoms with Gasteiger partial charge in [-0.2, -0.15) is 0 Å². The number of nitrogens with one attached hydrogen (secondary N) is 1. The van der Waals surface area contributed by atoms with Crippen molar-refractivity contribution in [2.75, 3.05) is 26.2 Å². The molecular weight excluding hydrogens is 248 g/mol. The van der Waals surface area contributed by atoms with Gasteiger partial charge in [-0.15, -0.1) is 0 Å². The van der Waals surface area contributed by atoms with Crippen LogP contribution in [-0.4, -0.2) is 42.2 Å². The zero-order valence-electron chi connectivity index (χ0n) is 10.4. The lowest BCUT2D eigenvalue weighted by molar-refractivity contribution is -0.0624. The third-order valence-electron chi connectivity index (χ3n) is 4.21. The number of piperazine rings is 1. The Morgan fingerprint density at radius 2 is 2.11 bits per heavy atom. The summed E-state index contributed by atoms with van der Waals surface area (Å²) in [6.07, 6.45) is 1.88. The zero-order chi connectivity index (χ0) is 12.6. The van der Waals surface area contributed by atoms with Crippen molar-refractivity contribution in [1.29, 1.82) is 0 Å². The molecule has 0 aromatic heterocycles. The Labute approximate surface area is 113 Å². The molecule has 98 valence electrons. The van der Waals surface area contributed by atoms with Crippen molar-refractivity contribution in [1.82, 2.24) is 10.2 Å². The highest BCUT2D eigenvalue weighted by Gasteiger charge is 2.39. The molecule has 18 heavy (non-hydrogen) atoms. The molecule has 2 aliphatic rings. The highest BCUT2D eigenvalue weighted by atomic mass is 35.5. The van der Waals surface area contributed by atoms with Crippen LogP contribution in [0.4, 0.5) is 0 Å². The first kappa shape index (κ1) is 12.4. The lowest BCUT2D eigenvalue weighted by atomic mass is 9.82. The first-order valence-corrected chi connectivity index (χ1v) is 6.98. The van der Waals surface area contributed by atoms with Crippen LogP contribution in [0.25, 0.3) is 0 Å². The predicted octanol–water partition coefficient (Wildman–Crippen LogP) is 1.60. The highest BCUT2D eigenvalue weighted by Crippen LogP contribution is 2.34. The Hall–Kier alpha value is -0.610. The zero-order valence-corrected chi connectivity index (χ0v) is 11.2. The van der Waals surface area contributed by atoms with Crippen LogP contribution in [0.3, 0.4) is 0 Å². The SMILES string of the molecule is O[C@@]1(c2ccc(Cl)cc2)CC[C@@H]2CNCCN2C1. The van der Waals surface area contributed by atoms with E-state index in [9.17, 15) is 5.11 Å². The van der Waals surface area contributed by atoms with Crippen LogP contribution < -0.4 is 5.32 Å². The van der Waals surface area contributed by atoms with Gasteiger partial charge in [0, 0.05) is 37.2 Å². The average molecular weight is 267 g/mol. The van der Waals surface area contributed by atoms with E-state index in [0.29, 0.717) is 6.04 Å². The van der Waals surface area contributed by atoms with Crippen molar-refractivity contribution < 1.29 is 5.11 Å². The first-order valence-electron chi connectivity index (χ1n) is 6.61. The number of hydrogen-bond donors (Lipinski definition) is 2. The second-order valence-corrected chi connectivity index (χ2v) is 5.84. The monoisotopic (exact) mass is 266 g/mol. The van der Waals surface area contributed by atoms with E-state index in [2.05, 4.69) is 10.2 Å². The molecule has 0 aliphatic carbocycles. The molecule has 0 unspecified atom stereocenters. The maximum atomic E-state index is 10.9. The predicted molar refractivity (Wildman–Crippen MR) is 72.8 cm³/mol. The fraction of sp³-hybridized carbons (Fsp3) is 0.571. The Balaban J connectivity index is 1.80. The number of nitrogens with zero attached hydrogens (tertiary/aromatic N) is 1. The van der Waals surface area contributed by atoms with E-state index < -0.39 is 5.60 Å². The largest absolute Gasteiger partial charge is 0.384 e. The molecule has 1 aromatic rings. The topological polar surface area (TPSA) is 35.5 Å². The highest BCUT2D eigenvalue weighted by molar-refractivity contribution is 6.30. The van der Waals surface area contributed by atoms with E-state index in [0.717, 1.165) is 49.6 Å². The van der Waals surface area contributed by atoms with Gasteiger partial charge in [-0.3, -0.25) is 4.90 Å². The van der Waals surface area contributed by atoms with Crippen molar-refractivity contribution in [3.05, 3.63) is 34.9 Å². The van der Waals surface area contributed by atoms with Crippen LogP contribution in [-0.2, 0) is 5.60 Å². The van der Waals surface area contributed by atoms with Crippen LogP contribution in [0.2, 0.25) is 5.02 Å². The van der Waals surface area contributed by atoms with Crippen LogP contribution in [0, 0.1) is 0 Å². The number of fused-ring (bicyclic) bond motifs is 1. The Morgan fingerprint density at radius 3 is 2.89 bits per heavy atom. The van der Waals surface area contributed by atoms with Gasteiger partial charge in [-0.25, -0.2) is 0 Å².